The summed E-state index contributed by atoms with van der Waals surface area (Å²) in [6.07, 6.45) is 2.46. The molecule has 0 unspecified atom stereocenters. The molecule has 0 atom stereocenters. The Balaban J connectivity index is 2.10. The molecule has 98 valence electrons. The van der Waals surface area contributed by atoms with Gasteiger partial charge in [0.15, 0.2) is 5.82 Å². The Morgan fingerprint density at radius 2 is 1.84 bits per heavy atom. The molecule has 1 N–H and O–H groups in total. The van der Waals surface area contributed by atoms with E-state index in [1.165, 1.54) is 18.4 Å². The van der Waals surface area contributed by atoms with Gasteiger partial charge in [-0.05, 0) is 35.7 Å². The first-order valence-corrected chi connectivity index (χ1v) is 7.30. The molecule has 1 aliphatic carbocycles. The van der Waals surface area contributed by atoms with Crippen molar-refractivity contribution in [2.24, 2.45) is 0 Å². The number of anilines is 1. The second kappa shape index (κ2) is 4.93. The lowest BCUT2D eigenvalue weighted by molar-refractivity contribution is 0.980. The molecule has 1 aromatic carbocycles. The highest BCUT2D eigenvalue weighted by Gasteiger charge is 2.29. The summed E-state index contributed by atoms with van der Waals surface area (Å²) >= 11 is 3.61. The number of aryl methyl sites for hydroxylation is 1. The molecule has 1 fully saturated rings. The van der Waals surface area contributed by atoms with Crippen molar-refractivity contribution in [2.75, 3.05) is 12.4 Å². The summed E-state index contributed by atoms with van der Waals surface area (Å²) in [6, 6.07) is 8.34. The number of nitrogens with one attached hydrogen (secondary N) is 1. The van der Waals surface area contributed by atoms with E-state index < -0.39 is 0 Å². The minimum atomic E-state index is 0.591. The van der Waals surface area contributed by atoms with Crippen LogP contribution in [0.3, 0.4) is 0 Å². The third-order valence-corrected chi connectivity index (χ3v) is 4.17. The molecule has 1 saturated carbocycles. The predicted octanol–water partition coefficient (Wildman–Crippen LogP) is 4.13. The fourth-order valence-electron chi connectivity index (χ4n) is 2.09. The molecular weight excluding hydrogens is 302 g/mol. The highest BCUT2D eigenvalue weighted by atomic mass is 79.9. The highest BCUT2D eigenvalue weighted by Crippen LogP contribution is 2.44. The summed E-state index contributed by atoms with van der Waals surface area (Å²) < 4.78 is 1.01. The van der Waals surface area contributed by atoms with Gasteiger partial charge in [-0.2, -0.15) is 0 Å². The fourth-order valence-corrected chi connectivity index (χ4v) is 2.79. The highest BCUT2D eigenvalue weighted by molar-refractivity contribution is 9.10. The van der Waals surface area contributed by atoms with Crippen LogP contribution in [0, 0.1) is 6.92 Å². The van der Waals surface area contributed by atoms with E-state index in [4.69, 9.17) is 4.98 Å². The smallest absolute Gasteiger partial charge is 0.161 e. The number of aromatic nitrogens is 2. The van der Waals surface area contributed by atoms with Gasteiger partial charge in [-0.1, -0.05) is 29.8 Å². The number of hydrogen-bond donors (Lipinski definition) is 1. The zero-order chi connectivity index (χ0) is 13.4. The number of nitrogens with zero attached hydrogens (tertiary/aromatic N) is 2. The van der Waals surface area contributed by atoms with E-state index in [9.17, 15) is 0 Å². The Morgan fingerprint density at radius 3 is 2.42 bits per heavy atom. The van der Waals surface area contributed by atoms with Crippen LogP contribution in [0.4, 0.5) is 5.82 Å². The maximum Gasteiger partial charge on any atom is 0.161 e. The molecule has 1 aromatic heterocycles. The summed E-state index contributed by atoms with van der Waals surface area (Å²) in [5, 5.41) is 3.14. The minimum absolute atomic E-state index is 0.591. The van der Waals surface area contributed by atoms with Gasteiger partial charge in [0.2, 0.25) is 0 Å². The summed E-state index contributed by atoms with van der Waals surface area (Å²) in [5.74, 6) is 2.26. The second-order valence-electron chi connectivity index (χ2n) is 4.99. The zero-order valence-electron chi connectivity index (χ0n) is 11.1. The van der Waals surface area contributed by atoms with Crippen molar-refractivity contribution in [3.63, 3.8) is 0 Å². The maximum atomic E-state index is 4.74. The predicted molar refractivity (Wildman–Crippen MR) is 81.4 cm³/mol. The summed E-state index contributed by atoms with van der Waals surface area (Å²) in [6.45, 7) is 2.08. The Hall–Kier alpha value is -1.42. The first-order valence-electron chi connectivity index (χ1n) is 6.51. The van der Waals surface area contributed by atoms with E-state index in [2.05, 4.69) is 57.4 Å². The van der Waals surface area contributed by atoms with Gasteiger partial charge in [0.05, 0.1) is 10.2 Å². The summed E-state index contributed by atoms with van der Waals surface area (Å²) in [4.78, 5) is 9.34. The molecule has 0 radical (unpaired) electrons. The van der Waals surface area contributed by atoms with Gasteiger partial charge in [0, 0.05) is 18.5 Å². The van der Waals surface area contributed by atoms with Crippen LogP contribution in [0.1, 0.15) is 30.0 Å². The van der Waals surface area contributed by atoms with Gasteiger partial charge < -0.3 is 5.32 Å². The number of halogens is 1. The fraction of sp³-hybridized carbons (Fsp3) is 0.333. The van der Waals surface area contributed by atoms with Gasteiger partial charge in [0.25, 0.3) is 0 Å². The van der Waals surface area contributed by atoms with Crippen molar-refractivity contribution in [1.82, 2.24) is 9.97 Å². The van der Waals surface area contributed by atoms with Gasteiger partial charge in [-0.15, -0.1) is 0 Å². The number of hydrogen-bond acceptors (Lipinski definition) is 3. The van der Waals surface area contributed by atoms with Crippen molar-refractivity contribution in [3.8, 4) is 11.4 Å². The van der Waals surface area contributed by atoms with Crippen molar-refractivity contribution < 1.29 is 0 Å². The van der Waals surface area contributed by atoms with Crippen molar-refractivity contribution in [2.45, 2.75) is 25.7 Å². The van der Waals surface area contributed by atoms with Gasteiger partial charge >= 0.3 is 0 Å². The Bertz CT molecular complexity index is 604. The van der Waals surface area contributed by atoms with E-state index in [1.807, 2.05) is 7.05 Å². The third-order valence-electron chi connectivity index (χ3n) is 3.39. The molecule has 0 aliphatic heterocycles. The van der Waals surface area contributed by atoms with Crippen LogP contribution in [0.2, 0.25) is 0 Å². The molecule has 3 rings (SSSR count). The molecule has 0 bridgehead atoms. The first kappa shape index (κ1) is 12.6. The molecular formula is C15H16BrN3. The SMILES string of the molecule is CNc1nc(-c2ccc(C)cc2)nc(C2CC2)c1Br. The molecule has 19 heavy (non-hydrogen) atoms. The van der Waals surface area contributed by atoms with Crippen LogP contribution >= 0.6 is 15.9 Å². The molecule has 2 aromatic rings. The van der Waals surface area contributed by atoms with Crippen molar-refractivity contribution >= 4 is 21.7 Å². The standard InChI is InChI=1S/C15H16BrN3/c1-9-3-5-11(6-4-9)14-18-13(10-7-8-10)12(16)15(17-2)19-14/h3-6,10H,7-8H2,1-2H3,(H,17,18,19). The van der Waals surface area contributed by atoms with Gasteiger partial charge in [-0.25, -0.2) is 9.97 Å². The van der Waals surface area contributed by atoms with E-state index in [-0.39, 0.29) is 0 Å². The van der Waals surface area contributed by atoms with E-state index in [1.54, 1.807) is 0 Å². The van der Waals surface area contributed by atoms with Gasteiger partial charge in [-0.3, -0.25) is 0 Å². The number of rotatable bonds is 3. The third kappa shape index (κ3) is 2.50. The summed E-state index contributed by atoms with van der Waals surface area (Å²) in [7, 11) is 1.89. The molecule has 4 heteroatoms. The largest absolute Gasteiger partial charge is 0.372 e. The lowest BCUT2D eigenvalue weighted by Gasteiger charge is -2.10. The van der Waals surface area contributed by atoms with Crippen molar-refractivity contribution in [3.05, 3.63) is 40.0 Å². The zero-order valence-corrected chi connectivity index (χ0v) is 12.7. The first-order chi connectivity index (χ1) is 9.19. The quantitative estimate of drug-likeness (QED) is 0.924. The topological polar surface area (TPSA) is 37.8 Å². The van der Waals surface area contributed by atoms with Crippen LogP contribution in [-0.4, -0.2) is 17.0 Å². The number of benzene rings is 1. The van der Waals surface area contributed by atoms with E-state index in [0.717, 1.165) is 27.4 Å². The van der Waals surface area contributed by atoms with Crippen LogP contribution in [-0.2, 0) is 0 Å². The van der Waals surface area contributed by atoms with Crippen molar-refractivity contribution in [1.29, 1.82) is 0 Å². The van der Waals surface area contributed by atoms with Crippen LogP contribution in [0.15, 0.2) is 28.7 Å². The Kier molecular flexibility index (Phi) is 3.27. The summed E-state index contributed by atoms with van der Waals surface area (Å²) in [5.41, 5.74) is 3.45. The average Bonchev–Trinajstić information content (AvgIpc) is 3.24. The Morgan fingerprint density at radius 1 is 1.16 bits per heavy atom. The van der Waals surface area contributed by atoms with Crippen LogP contribution in [0.25, 0.3) is 11.4 Å². The maximum absolute atomic E-state index is 4.74. The monoisotopic (exact) mass is 317 g/mol. The van der Waals surface area contributed by atoms with Gasteiger partial charge in [0.1, 0.15) is 5.82 Å². The molecule has 0 amide bonds. The minimum Gasteiger partial charge on any atom is -0.372 e. The average molecular weight is 318 g/mol. The van der Waals surface area contributed by atoms with Crippen LogP contribution < -0.4 is 5.32 Å². The molecule has 1 aliphatic rings. The van der Waals surface area contributed by atoms with E-state index in [0.29, 0.717) is 5.92 Å². The molecule has 0 saturated heterocycles. The molecule has 0 spiro atoms. The van der Waals surface area contributed by atoms with Crippen LogP contribution in [0.5, 0.6) is 0 Å². The lowest BCUT2D eigenvalue weighted by Crippen LogP contribution is -2.02. The molecule has 1 heterocycles. The van der Waals surface area contributed by atoms with E-state index >= 15 is 0 Å². The lowest BCUT2D eigenvalue weighted by atomic mass is 10.1. The molecule has 3 nitrogen and oxygen atoms in total. The normalized spacial score (nSPS) is 14.5. The second-order valence-corrected chi connectivity index (χ2v) is 5.78. The Labute approximate surface area is 121 Å².